The summed E-state index contributed by atoms with van der Waals surface area (Å²) < 4.78 is 0. The van der Waals surface area contributed by atoms with Gasteiger partial charge >= 0.3 is 0 Å². The predicted molar refractivity (Wildman–Crippen MR) is 99.7 cm³/mol. The Kier molecular flexibility index (Phi) is 7.60. The molecular formula is C18H23ClN4O4. The molecular weight excluding hydrogens is 372 g/mol. The standard InChI is InChI=1S/C18H23ClN4O4/c1-12(20-18(27)13-7-4-5-8-14(13)19)17(26)22-21-15(24)11-23-10-6-2-3-9-16(23)25/h4-5,7-8,12H,2-3,6,9-11H2,1H3,(H,20,27)(H,21,24)(H,22,26)/t12-/m0/s1. The molecule has 1 heterocycles. The van der Waals surface area contributed by atoms with Gasteiger partial charge in [-0.2, -0.15) is 0 Å². The fourth-order valence-electron chi connectivity index (χ4n) is 2.64. The molecule has 1 atom stereocenters. The van der Waals surface area contributed by atoms with Gasteiger partial charge in [0.25, 0.3) is 17.7 Å². The van der Waals surface area contributed by atoms with Crippen molar-refractivity contribution in [3.05, 3.63) is 34.9 Å². The van der Waals surface area contributed by atoms with Gasteiger partial charge in [-0.1, -0.05) is 30.2 Å². The van der Waals surface area contributed by atoms with E-state index in [1.54, 1.807) is 24.3 Å². The van der Waals surface area contributed by atoms with Crippen LogP contribution in [0.3, 0.4) is 0 Å². The lowest BCUT2D eigenvalue weighted by Crippen LogP contribution is -2.53. The number of benzene rings is 1. The number of halogens is 1. The summed E-state index contributed by atoms with van der Waals surface area (Å²) in [7, 11) is 0. The summed E-state index contributed by atoms with van der Waals surface area (Å²) in [6, 6.07) is 5.58. The number of hydrogen-bond acceptors (Lipinski definition) is 4. The van der Waals surface area contributed by atoms with Gasteiger partial charge in [0.05, 0.1) is 10.6 Å². The zero-order valence-corrected chi connectivity index (χ0v) is 15.8. The third-order valence-corrected chi connectivity index (χ3v) is 4.52. The number of hydrogen-bond donors (Lipinski definition) is 3. The van der Waals surface area contributed by atoms with Crippen LogP contribution in [0.2, 0.25) is 5.02 Å². The second-order valence-corrected chi connectivity index (χ2v) is 6.75. The van der Waals surface area contributed by atoms with Gasteiger partial charge in [-0.15, -0.1) is 0 Å². The predicted octanol–water partition coefficient (Wildman–Crippen LogP) is 1.01. The molecule has 9 heteroatoms. The van der Waals surface area contributed by atoms with Crippen LogP contribution >= 0.6 is 11.6 Å². The highest BCUT2D eigenvalue weighted by Gasteiger charge is 2.21. The Balaban J connectivity index is 1.78. The van der Waals surface area contributed by atoms with Crippen LogP contribution in [0.1, 0.15) is 43.0 Å². The normalized spacial score (nSPS) is 15.5. The number of likely N-dealkylation sites (tertiary alicyclic amines) is 1. The molecule has 1 aromatic carbocycles. The van der Waals surface area contributed by atoms with Crippen LogP contribution in [0, 0.1) is 0 Å². The highest BCUT2D eigenvalue weighted by atomic mass is 35.5. The first kappa shape index (κ1) is 20.7. The monoisotopic (exact) mass is 394 g/mol. The first-order valence-electron chi connectivity index (χ1n) is 8.80. The molecule has 146 valence electrons. The average molecular weight is 395 g/mol. The molecule has 1 saturated heterocycles. The number of amides is 4. The van der Waals surface area contributed by atoms with E-state index in [0.717, 1.165) is 19.3 Å². The van der Waals surface area contributed by atoms with Crippen molar-refractivity contribution >= 4 is 35.2 Å². The third kappa shape index (κ3) is 6.25. The third-order valence-electron chi connectivity index (χ3n) is 4.19. The maximum absolute atomic E-state index is 12.1. The van der Waals surface area contributed by atoms with Crippen molar-refractivity contribution in [2.75, 3.05) is 13.1 Å². The highest BCUT2D eigenvalue weighted by Crippen LogP contribution is 2.14. The zero-order chi connectivity index (χ0) is 19.8. The van der Waals surface area contributed by atoms with Crippen molar-refractivity contribution in [2.24, 2.45) is 0 Å². The maximum atomic E-state index is 12.1. The van der Waals surface area contributed by atoms with Crippen LogP contribution in [-0.4, -0.2) is 47.7 Å². The first-order valence-corrected chi connectivity index (χ1v) is 9.18. The van der Waals surface area contributed by atoms with Crippen molar-refractivity contribution in [1.82, 2.24) is 21.1 Å². The van der Waals surface area contributed by atoms with Gasteiger partial charge in [-0.3, -0.25) is 30.0 Å². The number of nitrogens with one attached hydrogen (secondary N) is 3. The molecule has 1 aromatic rings. The molecule has 2 rings (SSSR count). The van der Waals surface area contributed by atoms with Gasteiger partial charge in [0.2, 0.25) is 5.91 Å². The van der Waals surface area contributed by atoms with E-state index in [4.69, 9.17) is 11.6 Å². The van der Waals surface area contributed by atoms with Crippen LogP contribution < -0.4 is 16.2 Å². The van der Waals surface area contributed by atoms with Crippen LogP contribution in [0.15, 0.2) is 24.3 Å². The average Bonchev–Trinajstić information content (AvgIpc) is 2.84. The lowest BCUT2D eigenvalue weighted by Gasteiger charge is -2.20. The minimum Gasteiger partial charge on any atom is -0.340 e. The van der Waals surface area contributed by atoms with Crippen LogP contribution in [0.25, 0.3) is 0 Å². The Hall–Kier alpha value is -2.61. The van der Waals surface area contributed by atoms with Crippen molar-refractivity contribution in [1.29, 1.82) is 0 Å². The van der Waals surface area contributed by atoms with Crippen LogP contribution in [-0.2, 0) is 14.4 Å². The largest absolute Gasteiger partial charge is 0.340 e. The molecule has 0 aromatic heterocycles. The molecule has 3 N–H and O–H groups in total. The number of carbonyl (C=O) groups excluding carboxylic acids is 4. The van der Waals surface area contributed by atoms with Gasteiger partial charge in [0.1, 0.15) is 12.6 Å². The van der Waals surface area contributed by atoms with E-state index in [2.05, 4.69) is 16.2 Å². The lowest BCUT2D eigenvalue weighted by atomic mass is 10.2. The molecule has 8 nitrogen and oxygen atoms in total. The van der Waals surface area contributed by atoms with E-state index in [9.17, 15) is 19.2 Å². The minimum absolute atomic E-state index is 0.0608. The summed E-state index contributed by atoms with van der Waals surface area (Å²) >= 11 is 5.95. The fourth-order valence-corrected chi connectivity index (χ4v) is 2.87. The molecule has 0 aliphatic carbocycles. The Labute approximate surface area is 162 Å². The summed E-state index contributed by atoms with van der Waals surface area (Å²) in [5, 5.41) is 2.78. The summed E-state index contributed by atoms with van der Waals surface area (Å²) in [4.78, 5) is 49.5. The van der Waals surface area contributed by atoms with Gasteiger partial charge in [-0.05, 0) is 31.9 Å². The maximum Gasteiger partial charge on any atom is 0.260 e. The molecule has 0 bridgehead atoms. The molecule has 0 saturated carbocycles. The Bertz CT molecular complexity index is 725. The quantitative estimate of drug-likeness (QED) is 0.647. The van der Waals surface area contributed by atoms with Crippen molar-refractivity contribution in [2.45, 2.75) is 38.6 Å². The van der Waals surface area contributed by atoms with Gasteiger partial charge in [0, 0.05) is 13.0 Å². The fraction of sp³-hybridized carbons (Fsp3) is 0.444. The number of nitrogens with zero attached hydrogens (tertiary/aromatic N) is 1. The molecule has 1 fully saturated rings. The number of rotatable bonds is 5. The summed E-state index contributed by atoms with van der Waals surface area (Å²) in [6.45, 7) is 1.90. The van der Waals surface area contributed by atoms with E-state index in [1.165, 1.54) is 11.8 Å². The summed E-state index contributed by atoms with van der Waals surface area (Å²) in [5.74, 6) is -1.65. The molecule has 1 aliphatic rings. The second kappa shape index (κ2) is 9.91. The SMILES string of the molecule is C[C@H](NC(=O)c1ccccc1Cl)C(=O)NNC(=O)CN1CCCCCC1=O. The Morgan fingerprint density at radius 2 is 1.89 bits per heavy atom. The van der Waals surface area contributed by atoms with Gasteiger partial charge in [-0.25, -0.2) is 0 Å². The number of carbonyl (C=O) groups is 4. The molecule has 0 spiro atoms. The van der Waals surface area contributed by atoms with Crippen molar-refractivity contribution in [3.63, 3.8) is 0 Å². The van der Waals surface area contributed by atoms with E-state index < -0.39 is 23.8 Å². The highest BCUT2D eigenvalue weighted by molar-refractivity contribution is 6.33. The zero-order valence-electron chi connectivity index (χ0n) is 15.1. The van der Waals surface area contributed by atoms with E-state index in [-0.39, 0.29) is 23.0 Å². The minimum atomic E-state index is -0.895. The molecule has 27 heavy (non-hydrogen) atoms. The van der Waals surface area contributed by atoms with E-state index in [0.29, 0.717) is 13.0 Å². The topological polar surface area (TPSA) is 108 Å². The second-order valence-electron chi connectivity index (χ2n) is 6.34. The Morgan fingerprint density at radius 1 is 1.15 bits per heavy atom. The number of hydrazine groups is 1. The van der Waals surface area contributed by atoms with Gasteiger partial charge < -0.3 is 10.2 Å². The molecule has 0 radical (unpaired) electrons. The van der Waals surface area contributed by atoms with Crippen molar-refractivity contribution < 1.29 is 19.2 Å². The summed E-state index contributed by atoms with van der Waals surface area (Å²) in [5.41, 5.74) is 4.77. The summed E-state index contributed by atoms with van der Waals surface area (Å²) in [6.07, 6.45) is 3.08. The molecule has 4 amide bonds. The van der Waals surface area contributed by atoms with Crippen molar-refractivity contribution in [3.8, 4) is 0 Å². The first-order chi connectivity index (χ1) is 12.9. The van der Waals surface area contributed by atoms with E-state index >= 15 is 0 Å². The molecule has 1 aliphatic heterocycles. The van der Waals surface area contributed by atoms with E-state index in [1.807, 2.05) is 0 Å². The van der Waals surface area contributed by atoms with Crippen LogP contribution in [0.4, 0.5) is 0 Å². The van der Waals surface area contributed by atoms with Gasteiger partial charge in [0.15, 0.2) is 0 Å². The lowest BCUT2D eigenvalue weighted by molar-refractivity contribution is -0.136. The Morgan fingerprint density at radius 3 is 2.63 bits per heavy atom. The smallest absolute Gasteiger partial charge is 0.260 e. The molecule has 0 unspecified atom stereocenters. The van der Waals surface area contributed by atoms with Crippen LogP contribution in [0.5, 0.6) is 0 Å².